The summed E-state index contributed by atoms with van der Waals surface area (Å²) < 4.78 is 2.17. The number of carbonyl (C=O) groups excluding carboxylic acids is 1. The Morgan fingerprint density at radius 2 is 2.12 bits per heavy atom. The maximum Gasteiger partial charge on any atom is 0.227 e. The number of carbonyl (C=O) groups is 1. The summed E-state index contributed by atoms with van der Waals surface area (Å²) in [6.45, 7) is 4.39. The van der Waals surface area contributed by atoms with Gasteiger partial charge >= 0.3 is 0 Å². The minimum absolute atomic E-state index is 0.123. The van der Waals surface area contributed by atoms with E-state index in [9.17, 15) is 4.79 Å². The van der Waals surface area contributed by atoms with Gasteiger partial charge in [0.1, 0.15) is 11.3 Å². The summed E-state index contributed by atoms with van der Waals surface area (Å²) in [6, 6.07) is 11.4. The molecule has 1 amide bonds. The number of rotatable bonds is 4. The number of aromatic nitrogens is 3. The zero-order valence-electron chi connectivity index (χ0n) is 14.7. The van der Waals surface area contributed by atoms with Gasteiger partial charge in [-0.1, -0.05) is 29.8 Å². The van der Waals surface area contributed by atoms with Crippen LogP contribution in [0.15, 0.2) is 42.6 Å². The van der Waals surface area contributed by atoms with Gasteiger partial charge in [0.15, 0.2) is 5.65 Å². The average molecular weight is 369 g/mol. The first-order chi connectivity index (χ1) is 12.7. The van der Waals surface area contributed by atoms with Crippen molar-refractivity contribution in [2.75, 3.05) is 13.1 Å². The van der Waals surface area contributed by atoms with Crippen LogP contribution >= 0.6 is 11.6 Å². The van der Waals surface area contributed by atoms with E-state index in [2.05, 4.69) is 16.5 Å². The Bertz CT molecular complexity index is 952. The number of hydrogen-bond acceptors (Lipinski definition) is 3. The number of fused-ring (bicyclic) bond motifs is 1. The van der Waals surface area contributed by atoms with Crippen LogP contribution in [0.2, 0.25) is 5.02 Å². The summed E-state index contributed by atoms with van der Waals surface area (Å²) in [5.41, 5.74) is 2.73. The van der Waals surface area contributed by atoms with E-state index in [1.54, 1.807) is 6.20 Å². The Morgan fingerprint density at radius 1 is 1.27 bits per heavy atom. The number of halogens is 1. The number of hydrogen-bond donors (Lipinski definition) is 0. The van der Waals surface area contributed by atoms with Crippen LogP contribution in [0.3, 0.4) is 0 Å². The van der Waals surface area contributed by atoms with Crippen LogP contribution in [-0.2, 0) is 17.8 Å². The molecule has 0 spiro atoms. The number of benzene rings is 1. The van der Waals surface area contributed by atoms with E-state index in [1.807, 2.05) is 41.3 Å². The molecule has 1 aliphatic heterocycles. The zero-order valence-corrected chi connectivity index (χ0v) is 15.5. The molecular formula is C20H21ClN4O. The van der Waals surface area contributed by atoms with Crippen LogP contribution in [0, 0.1) is 0 Å². The summed E-state index contributed by atoms with van der Waals surface area (Å²) in [4.78, 5) is 23.9. The molecular weight excluding hydrogens is 348 g/mol. The Kier molecular flexibility index (Phi) is 4.64. The molecule has 0 saturated carbocycles. The molecule has 1 aromatic carbocycles. The highest BCUT2D eigenvalue weighted by atomic mass is 35.5. The van der Waals surface area contributed by atoms with Crippen molar-refractivity contribution in [2.24, 2.45) is 0 Å². The summed E-state index contributed by atoms with van der Waals surface area (Å²) in [7, 11) is 0. The van der Waals surface area contributed by atoms with Gasteiger partial charge in [-0.2, -0.15) is 0 Å². The van der Waals surface area contributed by atoms with Gasteiger partial charge in [-0.3, -0.25) is 4.79 Å². The number of imidazole rings is 1. The third kappa shape index (κ3) is 3.07. The molecule has 134 valence electrons. The standard InChI is InChI=1S/C20H21ClN4O/c1-2-25-19(23-17-8-5-10-22-20(17)25)15-9-11-24(13-15)18(26)12-14-6-3-4-7-16(14)21/h3-8,10,15H,2,9,11-13H2,1H3/t15-/m0/s1. The van der Waals surface area contributed by atoms with E-state index in [0.29, 0.717) is 18.0 Å². The first-order valence-electron chi connectivity index (χ1n) is 8.99. The lowest BCUT2D eigenvalue weighted by Gasteiger charge is -2.17. The fraction of sp³-hybridized carbons (Fsp3) is 0.350. The Balaban J connectivity index is 1.52. The van der Waals surface area contributed by atoms with Crippen molar-refractivity contribution < 1.29 is 4.79 Å². The van der Waals surface area contributed by atoms with Crippen molar-refractivity contribution in [1.82, 2.24) is 19.4 Å². The normalized spacial score (nSPS) is 17.2. The zero-order chi connectivity index (χ0) is 18.1. The maximum atomic E-state index is 12.7. The van der Waals surface area contributed by atoms with Gasteiger partial charge in [-0.25, -0.2) is 9.97 Å². The van der Waals surface area contributed by atoms with E-state index in [4.69, 9.17) is 16.6 Å². The van der Waals surface area contributed by atoms with Gasteiger partial charge in [0, 0.05) is 36.8 Å². The minimum atomic E-state index is 0.123. The monoisotopic (exact) mass is 368 g/mol. The van der Waals surface area contributed by atoms with Crippen LogP contribution < -0.4 is 0 Å². The predicted molar refractivity (Wildman–Crippen MR) is 102 cm³/mol. The molecule has 1 fully saturated rings. The van der Waals surface area contributed by atoms with E-state index in [1.165, 1.54) is 0 Å². The number of amides is 1. The van der Waals surface area contributed by atoms with E-state index < -0.39 is 0 Å². The second-order valence-corrected chi connectivity index (χ2v) is 7.06. The second kappa shape index (κ2) is 7.08. The topological polar surface area (TPSA) is 51.0 Å². The maximum absolute atomic E-state index is 12.7. The van der Waals surface area contributed by atoms with E-state index >= 15 is 0 Å². The van der Waals surface area contributed by atoms with E-state index in [0.717, 1.165) is 42.1 Å². The molecule has 5 nitrogen and oxygen atoms in total. The molecule has 0 N–H and O–H groups in total. The van der Waals surface area contributed by atoms with Gasteiger partial charge < -0.3 is 9.47 Å². The molecule has 0 bridgehead atoms. The minimum Gasteiger partial charge on any atom is -0.342 e. The van der Waals surface area contributed by atoms with Crippen molar-refractivity contribution >= 4 is 28.7 Å². The van der Waals surface area contributed by atoms with Crippen LogP contribution in [0.5, 0.6) is 0 Å². The van der Waals surface area contributed by atoms with Gasteiger partial charge in [-0.05, 0) is 37.1 Å². The van der Waals surface area contributed by atoms with Crippen molar-refractivity contribution in [3.8, 4) is 0 Å². The van der Waals surface area contributed by atoms with Crippen molar-refractivity contribution in [2.45, 2.75) is 32.2 Å². The fourth-order valence-electron chi connectivity index (χ4n) is 3.71. The largest absolute Gasteiger partial charge is 0.342 e. The molecule has 3 aromatic rings. The summed E-state index contributed by atoms with van der Waals surface area (Å²) >= 11 is 6.19. The highest BCUT2D eigenvalue weighted by molar-refractivity contribution is 6.31. The highest BCUT2D eigenvalue weighted by Gasteiger charge is 2.31. The lowest BCUT2D eigenvalue weighted by Crippen LogP contribution is -2.30. The lowest BCUT2D eigenvalue weighted by atomic mass is 10.1. The predicted octanol–water partition coefficient (Wildman–Crippen LogP) is 3.66. The number of aryl methyl sites for hydroxylation is 1. The van der Waals surface area contributed by atoms with Crippen molar-refractivity contribution in [1.29, 1.82) is 0 Å². The molecule has 4 rings (SSSR count). The quantitative estimate of drug-likeness (QED) is 0.706. The molecule has 0 radical (unpaired) electrons. The van der Waals surface area contributed by atoms with Crippen LogP contribution in [-0.4, -0.2) is 38.4 Å². The third-order valence-electron chi connectivity index (χ3n) is 5.06. The summed E-state index contributed by atoms with van der Waals surface area (Å²) in [5, 5.41) is 0.649. The van der Waals surface area contributed by atoms with Gasteiger partial charge in [0.25, 0.3) is 0 Å². The lowest BCUT2D eigenvalue weighted by molar-refractivity contribution is -0.129. The molecule has 6 heteroatoms. The molecule has 1 aliphatic rings. The highest BCUT2D eigenvalue weighted by Crippen LogP contribution is 2.29. The molecule has 1 atom stereocenters. The number of nitrogens with zero attached hydrogens (tertiary/aromatic N) is 4. The molecule has 1 saturated heterocycles. The van der Waals surface area contributed by atoms with Crippen molar-refractivity contribution in [3.63, 3.8) is 0 Å². The number of pyridine rings is 1. The molecule has 2 aromatic heterocycles. The molecule has 0 unspecified atom stereocenters. The molecule has 3 heterocycles. The third-order valence-corrected chi connectivity index (χ3v) is 5.42. The van der Waals surface area contributed by atoms with Crippen LogP contribution in [0.25, 0.3) is 11.2 Å². The number of likely N-dealkylation sites (tertiary alicyclic amines) is 1. The summed E-state index contributed by atoms with van der Waals surface area (Å²) in [5.74, 6) is 1.41. The van der Waals surface area contributed by atoms with Crippen LogP contribution in [0.4, 0.5) is 0 Å². The first kappa shape index (κ1) is 17.0. The van der Waals surface area contributed by atoms with Crippen LogP contribution in [0.1, 0.15) is 30.7 Å². The smallest absolute Gasteiger partial charge is 0.227 e. The van der Waals surface area contributed by atoms with Gasteiger partial charge in [0.05, 0.1) is 6.42 Å². The first-order valence-corrected chi connectivity index (χ1v) is 9.37. The molecule has 0 aliphatic carbocycles. The SMILES string of the molecule is CCn1c([C@H]2CCN(C(=O)Cc3ccccc3Cl)C2)nc2cccnc21. The average Bonchev–Trinajstić information content (AvgIpc) is 3.27. The summed E-state index contributed by atoms with van der Waals surface area (Å²) in [6.07, 6.45) is 3.07. The molecule has 26 heavy (non-hydrogen) atoms. The van der Waals surface area contributed by atoms with Gasteiger partial charge in [-0.15, -0.1) is 0 Å². The Hall–Kier alpha value is -2.40. The van der Waals surface area contributed by atoms with E-state index in [-0.39, 0.29) is 11.8 Å². The van der Waals surface area contributed by atoms with Gasteiger partial charge in [0.2, 0.25) is 5.91 Å². The van der Waals surface area contributed by atoms with Crippen molar-refractivity contribution in [3.05, 3.63) is 59.0 Å². The second-order valence-electron chi connectivity index (χ2n) is 6.65. The fourth-order valence-corrected chi connectivity index (χ4v) is 3.92. The Morgan fingerprint density at radius 3 is 2.92 bits per heavy atom. The Labute approximate surface area is 157 Å².